The van der Waals surface area contributed by atoms with Crippen LogP contribution in [0.2, 0.25) is 0 Å². The van der Waals surface area contributed by atoms with Gasteiger partial charge in [0.25, 0.3) is 11.5 Å². The predicted molar refractivity (Wildman–Crippen MR) is 137 cm³/mol. The highest BCUT2D eigenvalue weighted by atomic mass is 32.2. The molecule has 2 saturated heterocycles. The third-order valence-corrected chi connectivity index (χ3v) is 7.62. The molecule has 5 rings (SSSR count). The van der Waals surface area contributed by atoms with Gasteiger partial charge in [-0.1, -0.05) is 18.2 Å². The van der Waals surface area contributed by atoms with Gasteiger partial charge in [-0.15, -0.1) is 0 Å². The summed E-state index contributed by atoms with van der Waals surface area (Å²) >= 11 is 0. The Morgan fingerprint density at radius 1 is 1.03 bits per heavy atom. The molecule has 34 heavy (non-hydrogen) atoms. The number of nitrogens with zero attached hydrogens (tertiary/aromatic N) is 2. The summed E-state index contributed by atoms with van der Waals surface area (Å²) in [5.41, 5.74) is 2.69. The summed E-state index contributed by atoms with van der Waals surface area (Å²) < 4.78 is 13.6. The zero-order valence-electron chi connectivity index (χ0n) is 19.3. The minimum absolute atomic E-state index is 0.00584. The lowest BCUT2D eigenvalue weighted by Crippen LogP contribution is -2.44. The monoisotopic (exact) mass is 478 g/mol. The highest BCUT2D eigenvalue weighted by Crippen LogP contribution is 2.31. The van der Waals surface area contributed by atoms with E-state index in [0.717, 1.165) is 67.6 Å². The molecule has 2 aliphatic heterocycles. The van der Waals surface area contributed by atoms with Gasteiger partial charge in [-0.05, 0) is 67.6 Å². The topological polar surface area (TPSA) is 85.5 Å². The van der Waals surface area contributed by atoms with Crippen molar-refractivity contribution in [3.05, 3.63) is 76.2 Å². The molecular weight excluding hydrogens is 448 g/mol. The average Bonchev–Trinajstić information content (AvgIpc) is 3.34. The van der Waals surface area contributed by atoms with Crippen molar-refractivity contribution in [1.82, 2.24) is 14.6 Å². The lowest BCUT2D eigenvalue weighted by molar-refractivity contribution is 0.0983. The number of piperidine rings is 1. The molecule has 178 valence electrons. The van der Waals surface area contributed by atoms with Crippen LogP contribution in [0.5, 0.6) is 0 Å². The number of hydrogen-bond acceptors (Lipinski definition) is 5. The Bertz CT molecular complexity index is 1270. The van der Waals surface area contributed by atoms with Crippen molar-refractivity contribution < 1.29 is 9.00 Å². The first kappa shape index (κ1) is 22.8. The molecule has 2 aromatic carbocycles. The van der Waals surface area contributed by atoms with Gasteiger partial charge in [0.15, 0.2) is 0 Å². The maximum absolute atomic E-state index is 12.5. The highest BCUT2D eigenvalue weighted by molar-refractivity contribution is 7.82. The van der Waals surface area contributed by atoms with Gasteiger partial charge in [-0.25, -0.2) is 4.21 Å². The van der Waals surface area contributed by atoms with Crippen LogP contribution in [0.1, 0.15) is 41.2 Å². The minimum Gasteiger partial charge on any atom is -0.371 e. The van der Waals surface area contributed by atoms with Gasteiger partial charge in [0.1, 0.15) is 11.0 Å². The van der Waals surface area contributed by atoms with Crippen LogP contribution < -0.4 is 15.2 Å². The second kappa shape index (κ2) is 9.72. The van der Waals surface area contributed by atoms with Crippen molar-refractivity contribution in [1.29, 1.82) is 0 Å². The van der Waals surface area contributed by atoms with E-state index < -0.39 is 11.0 Å². The maximum atomic E-state index is 12.5. The van der Waals surface area contributed by atoms with E-state index in [9.17, 15) is 13.8 Å². The molecule has 7 nitrogen and oxygen atoms in total. The third kappa shape index (κ3) is 4.79. The Morgan fingerprint density at radius 3 is 2.50 bits per heavy atom. The number of aromatic amines is 1. The summed E-state index contributed by atoms with van der Waals surface area (Å²) in [6, 6.07) is 18.0. The summed E-state index contributed by atoms with van der Waals surface area (Å²) in [5, 5.41) is 1.77. The SMILES string of the molecule is CS(=O)NC(=O)c1ccc(N2CCC(N3CCC(c4cc5ccccc5c(=O)[nH]4)C3)CC2)cc1. The molecule has 8 heteroatoms. The predicted octanol–water partition coefficient (Wildman–Crippen LogP) is 3.01. The average molecular weight is 479 g/mol. The molecule has 2 unspecified atom stereocenters. The van der Waals surface area contributed by atoms with Crippen LogP contribution in [-0.2, 0) is 11.0 Å². The molecule has 3 heterocycles. The molecule has 2 N–H and O–H groups in total. The Hall–Kier alpha value is -2.97. The number of benzene rings is 2. The number of H-pyrrole nitrogens is 1. The Morgan fingerprint density at radius 2 is 1.76 bits per heavy atom. The van der Waals surface area contributed by atoms with E-state index in [-0.39, 0.29) is 11.5 Å². The van der Waals surface area contributed by atoms with Crippen LogP contribution in [0.4, 0.5) is 5.69 Å². The van der Waals surface area contributed by atoms with Gasteiger partial charge < -0.3 is 9.88 Å². The Kier molecular flexibility index (Phi) is 6.52. The first-order valence-electron chi connectivity index (χ1n) is 11.8. The maximum Gasteiger partial charge on any atom is 0.262 e. The third-order valence-electron chi connectivity index (χ3n) is 7.15. The number of nitrogens with one attached hydrogen (secondary N) is 2. The van der Waals surface area contributed by atoms with Gasteiger partial charge in [0, 0.05) is 60.2 Å². The molecule has 3 aromatic rings. The first-order chi connectivity index (χ1) is 16.5. The zero-order chi connectivity index (χ0) is 23.7. The van der Waals surface area contributed by atoms with Crippen LogP contribution in [0, 0.1) is 0 Å². The summed E-state index contributed by atoms with van der Waals surface area (Å²) in [6.45, 7) is 4.00. The van der Waals surface area contributed by atoms with Gasteiger partial charge >= 0.3 is 0 Å². The van der Waals surface area contributed by atoms with Crippen molar-refractivity contribution in [2.24, 2.45) is 0 Å². The smallest absolute Gasteiger partial charge is 0.262 e. The van der Waals surface area contributed by atoms with Crippen molar-refractivity contribution in [2.75, 3.05) is 37.3 Å². The zero-order valence-corrected chi connectivity index (χ0v) is 20.1. The van der Waals surface area contributed by atoms with E-state index in [0.29, 0.717) is 17.5 Å². The lowest BCUT2D eigenvalue weighted by atomic mass is 10.0. The number of aromatic nitrogens is 1. The minimum atomic E-state index is -1.37. The standard InChI is InChI=1S/C26H30N4O3S/c1-34(33)28-25(31)18-6-8-21(9-7-18)29-14-11-22(12-15-29)30-13-10-20(17-30)24-16-19-4-2-3-5-23(19)26(32)27-24/h2-9,16,20,22H,10-15,17H2,1H3,(H,27,32)(H,28,31). The number of likely N-dealkylation sites (tertiary alicyclic amines) is 1. The van der Waals surface area contributed by atoms with Crippen molar-refractivity contribution >= 4 is 33.4 Å². The largest absolute Gasteiger partial charge is 0.371 e. The number of carbonyl (C=O) groups excluding carboxylic acids is 1. The van der Waals surface area contributed by atoms with E-state index in [1.807, 2.05) is 36.4 Å². The molecule has 0 aliphatic carbocycles. The number of amides is 1. The fourth-order valence-electron chi connectivity index (χ4n) is 5.33. The van der Waals surface area contributed by atoms with Crippen molar-refractivity contribution in [2.45, 2.75) is 31.2 Å². The fourth-order valence-corrected chi connectivity index (χ4v) is 5.71. The van der Waals surface area contributed by atoms with Gasteiger partial charge in [0.05, 0.1) is 0 Å². The molecule has 2 fully saturated rings. The number of hydrogen-bond donors (Lipinski definition) is 2. The number of carbonyl (C=O) groups is 1. The summed E-state index contributed by atoms with van der Waals surface area (Å²) in [4.78, 5) is 32.6. The lowest BCUT2D eigenvalue weighted by Gasteiger charge is -2.38. The molecule has 1 amide bonds. The Labute approximate surface area is 201 Å². The van der Waals surface area contributed by atoms with E-state index in [1.54, 1.807) is 12.1 Å². The molecule has 0 spiro atoms. The van der Waals surface area contributed by atoms with Gasteiger partial charge in [0.2, 0.25) is 0 Å². The summed E-state index contributed by atoms with van der Waals surface area (Å²) in [5.74, 6) is 0.0499. The number of fused-ring (bicyclic) bond motifs is 1. The molecule has 0 bridgehead atoms. The number of anilines is 1. The van der Waals surface area contributed by atoms with Crippen LogP contribution in [-0.4, -0.2) is 58.5 Å². The van der Waals surface area contributed by atoms with Crippen molar-refractivity contribution in [3.63, 3.8) is 0 Å². The van der Waals surface area contributed by atoms with Crippen LogP contribution in [0.3, 0.4) is 0 Å². The van der Waals surface area contributed by atoms with E-state index in [2.05, 4.69) is 25.6 Å². The summed E-state index contributed by atoms with van der Waals surface area (Å²) in [6.07, 6.45) is 4.71. The van der Waals surface area contributed by atoms with E-state index in [4.69, 9.17) is 0 Å². The van der Waals surface area contributed by atoms with Crippen LogP contribution in [0.25, 0.3) is 10.8 Å². The molecule has 2 atom stereocenters. The van der Waals surface area contributed by atoms with E-state index in [1.165, 1.54) is 6.26 Å². The van der Waals surface area contributed by atoms with Gasteiger partial charge in [-0.2, -0.15) is 0 Å². The highest BCUT2D eigenvalue weighted by Gasteiger charge is 2.32. The summed E-state index contributed by atoms with van der Waals surface area (Å²) in [7, 11) is -1.37. The molecule has 2 aliphatic rings. The normalized spacial score (nSPS) is 20.5. The molecule has 1 aromatic heterocycles. The second-order valence-corrected chi connectivity index (χ2v) is 10.4. The molecular formula is C26H30N4O3S. The van der Waals surface area contributed by atoms with Crippen LogP contribution >= 0.6 is 0 Å². The second-order valence-electron chi connectivity index (χ2n) is 9.27. The fraction of sp³-hybridized carbons (Fsp3) is 0.385. The first-order valence-corrected chi connectivity index (χ1v) is 13.4. The van der Waals surface area contributed by atoms with Crippen molar-refractivity contribution in [3.8, 4) is 0 Å². The number of pyridine rings is 1. The quantitative estimate of drug-likeness (QED) is 0.589. The molecule has 0 saturated carbocycles. The van der Waals surface area contributed by atoms with Crippen LogP contribution in [0.15, 0.2) is 59.4 Å². The van der Waals surface area contributed by atoms with Gasteiger partial charge in [-0.3, -0.25) is 19.2 Å². The molecule has 0 radical (unpaired) electrons. The number of rotatable bonds is 5. The van der Waals surface area contributed by atoms with E-state index >= 15 is 0 Å². The Balaban J connectivity index is 1.18.